The van der Waals surface area contributed by atoms with Crippen LogP contribution in [0.1, 0.15) is 18.3 Å². The lowest BCUT2D eigenvalue weighted by Crippen LogP contribution is -2.47. The number of halogens is 2. The Balaban J connectivity index is 1.64. The van der Waals surface area contributed by atoms with Gasteiger partial charge in [0.15, 0.2) is 17.0 Å². The Morgan fingerprint density at radius 3 is 2.65 bits per heavy atom. The van der Waals surface area contributed by atoms with Crippen molar-refractivity contribution in [3.63, 3.8) is 0 Å². The fourth-order valence-electron chi connectivity index (χ4n) is 4.49. The Labute approximate surface area is 185 Å². The molecule has 0 unspecified atom stereocenters. The summed E-state index contributed by atoms with van der Waals surface area (Å²) in [5.74, 6) is 2.35. The molecule has 0 N–H and O–H groups in total. The van der Waals surface area contributed by atoms with E-state index in [1.807, 2.05) is 31.2 Å². The molecule has 0 amide bonds. The topological polar surface area (TPSA) is 59.3 Å². The van der Waals surface area contributed by atoms with Crippen LogP contribution in [0.2, 0.25) is 5.02 Å². The Hall–Kier alpha value is -2.29. The van der Waals surface area contributed by atoms with Crippen molar-refractivity contribution >= 4 is 28.6 Å². The molecule has 5 rings (SSSR count). The highest BCUT2D eigenvalue weighted by molar-refractivity contribution is 6.33. The van der Waals surface area contributed by atoms with Crippen LogP contribution < -0.4 is 4.90 Å². The number of rotatable bonds is 5. The average molecular weight is 445 g/mol. The van der Waals surface area contributed by atoms with Gasteiger partial charge in [0.1, 0.15) is 18.3 Å². The molecule has 7 nitrogen and oxygen atoms in total. The van der Waals surface area contributed by atoms with E-state index in [2.05, 4.69) is 14.4 Å². The van der Waals surface area contributed by atoms with E-state index in [4.69, 9.17) is 31.3 Å². The monoisotopic (exact) mass is 444 g/mol. The summed E-state index contributed by atoms with van der Waals surface area (Å²) in [7, 11) is 0. The highest BCUT2D eigenvalue weighted by atomic mass is 35.5. The zero-order valence-electron chi connectivity index (χ0n) is 17.6. The molecule has 1 atom stereocenters. The fourth-order valence-corrected chi connectivity index (χ4v) is 4.71. The second-order valence-electron chi connectivity index (χ2n) is 8.09. The molecular formula is C22H26ClFN6O. The van der Waals surface area contributed by atoms with Crippen molar-refractivity contribution in [2.24, 2.45) is 0 Å². The maximum absolute atomic E-state index is 12.7. The molecule has 1 aromatic carbocycles. The fraction of sp³-hybridized carbons (Fsp3) is 0.500. The highest BCUT2D eigenvalue weighted by Crippen LogP contribution is 2.36. The standard InChI is InChI=1S/C22H26ClFN6O/c1-15-25-21(29-11-9-28(8-7-24)10-12-29)19-22(26-15)30(16-6-13-31-14-16)20(27-19)17-4-2-3-5-18(17)23/h2-5,16H,6-14H2,1H3/t16-/m1/s1. The molecule has 2 saturated heterocycles. The molecule has 0 saturated carbocycles. The zero-order valence-corrected chi connectivity index (χ0v) is 18.4. The first-order valence-electron chi connectivity index (χ1n) is 10.8. The van der Waals surface area contributed by atoms with Crippen LogP contribution in [0.4, 0.5) is 10.2 Å². The first-order chi connectivity index (χ1) is 15.2. The van der Waals surface area contributed by atoms with E-state index in [0.29, 0.717) is 24.0 Å². The molecule has 4 heterocycles. The van der Waals surface area contributed by atoms with Gasteiger partial charge in [0.25, 0.3) is 0 Å². The third-order valence-corrected chi connectivity index (χ3v) is 6.42. The van der Waals surface area contributed by atoms with E-state index in [1.54, 1.807) is 0 Å². The number of aryl methyl sites for hydroxylation is 1. The van der Waals surface area contributed by atoms with Crippen molar-refractivity contribution in [1.82, 2.24) is 24.4 Å². The zero-order chi connectivity index (χ0) is 21.4. The van der Waals surface area contributed by atoms with Crippen molar-refractivity contribution in [2.75, 3.05) is 57.5 Å². The maximum Gasteiger partial charge on any atom is 0.166 e. The number of aromatic nitrogens is 4. The van der Waals surface area contributed by atoms with Crippen molar-refractivity contribution in [1.29, 1.82) is 0 Å². The smallest absolute Gasteiger partial charge is 0.166 e. The van der Waals surface area contributed by atoms with Gasteiger partial charge in [-0.05, 0) is 25.5 Å². The largest absolute Gasteiger partial charge is 0.379 e. The number of hydrogen-bond donors (Lipinski definition) is 0. The van der Waals surface area contributed by atoms with Gasteiger partial charge in [0.2, 0.25) is 0 Å². The van der Waals surface area contributed by atoms with Crippen LogP contribution in [-0.4, -0.2) is 77.0 Å². The van der Waals surface area contributed by atoms with Gasteiger partial charge < -0.3 is 14.2 Å². The number of fused-ring (bicyclic) bond motifs is 1. The quantitative estimate of drug-likeness (QED) is 0.600. The van der Waals surface area contributed by atoms with Gasteiger partial charge in [0.05, 0.1) is 17.7 Å². The van der Waals surface area contributed by atoms with Crippen LogP contribution in [0.5, 0.6) is 0 Å². The molecular weight excluding hydrogens is 419 g/mol. The summed E-state index contributed by atoms with van der Waals surface area (Å²) >= 11 is 6.56. The van der Waals surface area contributed by atoms with Gasteiger partial charge >= 0.3 is 0 Å². The Morgan fingerprint density at radius 1 is 1.13 bits per heavy atom. The molecule has 2 aliphatic rings. The summed E-state index contributed by atoms with van der Waals surface area (Å²) in [6.45, 7) is 6.62. The minimum absolute atomic E-state index is 0.153. The molecule has 164 valence electrons. The van der Waals surface area contributed by atoms with E-state index < -0.39 is 0 Å². The lowest BCUT2D eigenvalue weighted by Gasteiger charge is -2.35. The number of benzene rings is 1. The molecule has 31 heavy (non-hydrogen) atoms. The third kappa shape index (κ3) is 3.88. The van der Waals surface area contributed by atoms with Crippen LogP contribution in [-0.2, 0) is 4.74 Å². The lowest BCUT2D eigenvalue weighted by atomic mass is 10.2. The van der Waals surface area contributed by atoms with Gasteiger partial charge in [-0.2, -0.15) is 0 Å². The predicted molar refractivity (Wildman–Crippen MR) is 120 cm³/mol. The van der Waals surface area contributed by atoms with E-state index >= 15 is 0 Å². The summed E-state index contributed by atoms with van der Waals surface area (Å²) in [5.41, 5.74) is 2.48. The van der Waals surface area contributed by atoms with Crippen molar-refractivity contribution < 1.29 is 9.13 Å². The van der Waals surface area contributed by atoms with Crippen LogP contribution >= 0.6 is 11.6 Å². The maximum atomic E-state index is 12.7. The number of alkyl halides is 1. The summed E-state index contributed by atoms with van der Waals surface area (Å²) in [4.78, 5) is 19.0. The van der Waals surface area contributed by atoms with E-state index in [1.165, 1.54) is 0 Å². The van der Waals surface area contributed by atoms with Gasteiger partial charge in [-0.1, -0.05) is 23.7 Å². The molecule has 2 aliphatic heterocycles. The third-order valence-electron chi connectivity index (χ3n) is 6.09. The first-order valence-corrected chi connectivity index (χ1v) is 11.2. The summed E-state index contributed by atoms with van der Waals surface area (Å²) in [6, 6.07) is 7.92. The number of anilines is 1. The summed E-state index contributed by atoms with van der Waals surface area (Å²) < 4.78 is 20.6. The molecule has 9 heteroatoms. The van der Waals surface area contributed by atoms with Gasteiger partial charge in [-0.3, -0.25) is 4.90 Å². The second kappa shape index (κ2) is 8.68. The number of hydrogen-bond acceptors (Lipinski definition) is 6. The molecule has 0 aliphatic carbocycles. The predicted octanol–water partition coefficient (Wildman–Crippen LogP) is 3.51. The normalized spacial score (nSPS) is 20.1. The molecule has 0 bridgehead atoms. The molecule has 3 aromatic rings. The Bertz CT molecular complexity index is 1080. The van der Waals surface area contributed by atoms with E-state index in [-0.39, 0.29) is 12.7 Å². The number of imidazole rings is 1. The molecule has 0 spiro atoms. The first kappa shape index (κ1) is 20.6. The minimum Gasteiger partial charge on any atom is -0.379 e. The number of ether oxygens (including phenoxy) is 1. The van der Waals surface area contributed by atoms with Crippen LogP contribution in [0.15, 0.2) is 24.3 Å². The Morgan fingerprint density at radius 2 is 1.94 bits per heavy atom. The molecule has 0 radical (unpaired) electrons. The van der Waals surface area contributed by atoms with Crippen LogP contribution in [0.25, 0.3) is 22.6 Å². The summed E-state index contributed by atoms with van der Waals surface area (Å²) in [6.07, 6.45) is 0.906. The van der Waals surface area contributed by atoms with Crippen molar-refractivity contribution in [2.45, 2.75) is 19.4 Å². The minimum atomic E-state index is -0.314. The SMILES string of the molecule is Cc1nc(N2CCN(CCF)CC2)c2nc(-c3ccccc3Cl)n([C@@H]3CCOC3)c2n1. The number of nitrogens with zero attached hydrogens (tertiary/aromatic N) is 6. The number of piperazine rings is 1. The van der Waals surface area contributed by atoms with Gasteiger partial charge in [0, 0.05) is 44.9 Å². The highest BCUT2D eigenvalue weighted by Gasteiger charge is 2.29. The molecule has 2 aromatic heterocycles. The lowest BCUT2D eigenvalue weighted by molar-refractivity contribution is 0.187. The average Bonchev–Trinajstić information content (AvgIpc) is 3.42. The van der Waals surface area contributed by atoms with E-state index in [9.17, 15) is 4.39 Å². The van der Waals surface area contributed by atoms with Gasteiger partial charge in [-0.15, -0.1) is 0 Å². The van der Waals surface area contributed by atoms with Crippen molar-refractivity contribution in [3.8, 4) is 11.4 Å². The van der Waals surface area contributed by atoms with Crippen LogP contribution in [0.3, 0.4) is 0 Å². The van der Waals surface area contributed by atoms with Gasteiger partial charge in [-0.25, -0.2) is 19.3 Å². The van der Waals surface area contributed by atoms with Crippen molar-refractivity contribution in [3.05, 3.63) is 35.1 Å². The van der Waals surface area contributed by atoms with E-state index in [0.717, 1.165) is 67.6 Å². The van der Waals surface area contributed by atoms with Crippen LogP contribution in [0, 0.1) is 6.92 Å². The second-order valence-corrected chi connectivity index (χ2v) is 8.49. The Kier molecular flexibility index (Phi) is 5.77. The molecule has 2 fully saturated rings. The summed E-state index contributed by atoms with van der Waals surface area (Å²) in [5, 5.41) is 0.657.